The highest BCUT2D eigenvalue weighted by molar-refractivity contribution is 5.82. The van der Waals surface area contributed by atoms with Crippen molar-refractivity contribution < 1.29 is 18.8 Å². The zero-order valence-corrected chi connectivity index (χ0v) is 14.2. The molecule has 1 aromatic heterocycles. The summed E-state index contributed by atoms with van der Waals surface area (Å²) in [6, 6.07) is 18.8. The molecule has 6 heteroatoms. The van der Waals surface area contributed by atoms with E-state index in [1.165, 1.54) is 0 Å². The van der Waals surface area contributed by atoms with Crippen LogP contribution in [0.1, 0.15) is 12.6 Å². The van der Waals surface area contributed by atoms with Crippen LogP contribution >= 0.6 is 0 Å². The average molecular weight is 350 g/mol. The van der Waals surface area contributed by atoms with E-state index >= 15 is 0 Å². The molecule has 0 spiro atoms. The number of rotatable bonds is 4. The van der Waals surface area contributed by atoms with Crippen molar-refractivity contribution in [3.8, 4) is 22.8 Å². The van der Waals surface area contributed by atoms with Gasteiger partial charge in [0.2, 0.25) is 6.10 Å². The normalized spacial score (nSPS) is 18.3. The first-order valence-electron chi connectivity index (χ1n) is 8.42. The molecule has 3 aromatic rings. The summed E-state index contributed by atoms with van der Waals surface area (Å²) in [5, 5.41) is 6.83. The first-order valence-corrected chi connectivity index (χ1v) is 8.42. The number of amides is 1. The monoisotopic (exact) mass is 350 g/mol. The molecule has 2 aromatic carbocycles. The lowest BCUT2D eigenvalue weighted by Gasteiger charge is -2.30. The van der Waals surface area contributed by atoms with Gasteiger partial charge in [-0.3, -0.25) is 4.79 Å². The summed E-state index contributed by atoms with van der Waals surface area (Å²) in [6.45, 7) is 2.06. The molecule has 0 bridgehead atoms. The topological polar surface area (TPSA) is 73.6 Å². The van der Waals surface area contributed by atoms with Crippen LogP contribution in [0.3, 0.4) is 0 Å². The first-order chi connectivity index (χ1) is 12.7. The third kappa shape index (κ3) is 3.26. The van der Waals surface area contributed by atoms with Gasteiger partial charge in [-0.25, -0.2) is 0 Å². The number of ether oxygens (including phenoxy) is 2. The van der Waals surface area contributed by atoms with E-state index in [9.17, 15) is 4.79 Å². The second-order valence-corrected chi connectivity index (χ2v) is 6.07. The molecule has 132 valence electrons. The predicted molar refractivity (Wildman–Crippen MR) is 94.7 cm³/mol. The number of carbonyl (C=O) groups excluding carboxylic acids is 1. The van der Waals surface area contributed by atoms with Gasteiger partial charge in [0.15, 0.2) is 17.3 Å². The minimum atomic E-state index is -0.717. The highest BCUT2D eigenvalue weighted by Gasteiger charge is 2.33. The SMILES string of the molecule is CC1Oc2ccccc2OC1C(=O)NCc1cc(-c2ccccc2)on1. The molecule has 0 aliphatic carbocycles. The fourth-order valence-corrected chi connectivity index (χ4v) is 2.82. The molecule has 2 unspecified atom stereocenters. The van der Waals surface area contributed by atoms with Crippen LogP contribution in [0.25, 0.3) is 11.3 Å². The third-order valence-corrected chi connectivity index (χ3v) is 4.16. The van der Waals surface area contributed by atoms with Crippen LogP contribution < -0.4 is 14.8 Å². The van der Waals surface area contributed by atoms with E-state index < -0.39 is 6.10 Å². The van der Waals surface area contributed by atoms with Crippen LogP contribution in [0.5, 0.6) is 11.5 Å². The molecule has 0 saturated heterocycles. The molecule has 0 saturated carbocycles. The Kier molecular flexibility index (Phi) is 4.31. The summed E-state index contributed by atoms with van der Waals surface area (Å²) in [7, 11) is 0. The Balaban J connectivity index is 1.39. The zero-order chi connectivity index (χ0) is 17.9. The van der Waals surface area contributed by atoms with Gasteiger partial charge < -0.3 is 19.3 Å². The van der Waals surface area contributed by atoms with E-state index in [1.807, 2.05) is 61.5 Å². The maximum absolute atomic E-state index is 12.5. The number of carbonyl (C=O) groups is 1. The number of nitrogens with one attached hydrogen (secondary N) is 1. The van der Waals surface area contributed by atoms with E-state index in [4.69, 9.17) is 14.0 Å². The quantitative estimate of drug-likeness (QED) is 0.782. The molecular weight excluding hydrogens is 332 g/mol. The zero-order valence-electron chi connectivity index (χ0n) is 14.2. The van der Waals surface area contributed by atoms with Crippen molar-refractivity contribution in [2.24, 2.45) is 0 Å². The fourth-order valence-electron chi connectivity index (χ4n) is 2.82. The molecule has 6 nitrogen and oxygen atoms in total. The number of benzene rings is 2. The standard InChI is InChI=1S/C20H18N2O4/c1-13-19(25-17-10-6-5-9-16(17)24-13)20(23)21-12-15-11-18(26-22-15)14-7-3-2-4-8-14/h2-11,13,19H,12H2,1H3,(H,21,23). The Hall–Kier alpha value is -3.28. The Morgan fingerprint density at radius 3 is 2.50 bits per heavy atom. The molecule has 2 heterocycles. The summed E-state index contributed by atoms with van der Waals surface area (Å²) >= 11 is 0. The van der Waals surface area contributed by atoms with Crippen LogP contribution in [-0.4, -0.2) is 23.3 Å². The van der Waals surface area contributed by atoms with E-state index in [0.717, 1.165) is 5.56 Å². The van der Waals surface area contributed by atoms with E-state index in [-0.39, 0.29) is 18.6 Å². The highest BCUT2D eigenvalue weighted by atomic mass is 16.6. The van der Waals surface area contributed by atoms with E-state index in [2.05, 4.69) is 10.5 Å². The lowest BCUT2D eigenvalue weighted by molar-refractivity contribution is -0.133. The first kappa shape index (κ1) is 16.2. The van der Waals surface area contributed by atoms with Crippen molar-refractivity contribution in [1.82, 2.24) is 10.5 Å². The molecule has 2 atom stereocenters. The lowest BCUT2D eigenvalue weighted by atomic mass is 10.1. The Morgan fingerprint density at radius 2 is 1.73 bits per heavy atom. The number of hydrogen-bond acceptors (Lipinski definition) is 5. The lowest BCUT2D eigenvalue weighted by Crippen LogP contribution is -2.48. The van der Waals surface area contributed by atoms with Gasteiger partial charge in [0.25, 0.3) is 5.91 Å². The summed E-state index contributed by atoms with van der Waals surface area (Å²) in [5.41, 5.74) is 1.58. The minimum Gasteiger partial charge on any atom is -0.482 e. The smallest absolute Gasteiger partial charge is 0.265 e. The average Bonchev–Trinajstić information content (AvgIpc) is 3.15. The molecule has 1 N–H and O–H groups in total. The summed E-state index contributed by atoms with van der Waals surface area (Å²) in [4.78, 5) is 12.5. The van der Waals surface area contributed by atoms with Crippen LogP contribution in [0, 0.1) is 0 Å². The van der Waals surface area contributed by atoms with Crippen molar-refractivity contribution in [3.05, 3.63) is 66.4 Å². The molecule has 0 fully saturated rings. The van der Waals surface area contributed by atoms with Crippen LogP contribution in [0.15, 0.2) is 65.2 Å². The third-order valence-electron chi connectivity index (χ3n) is 4.16. The number of nitrogens with zero attached hydrogens (tertiary/aromatic N) is 1. The Bertz CT molecular complexity index is 907. The minimum absolute atomic E-state index is 0.253. The van der Waals surface area contributed by atoms with Gasteiger partial charge >= 0.3 is 0 Å². The van der Waals surface area contributed by atoms with Crippen molar-refractivity contribution >= 4 is 5.91 Å². The van der Waals surface area contributed by atoms with Crippen molar-refractivity contribution in [3.63, 3.8) is 0 Å². The molecule has 1 aliphatic heterocycles. The number of hydrogen-bond donors (Lipinski definition) is 1. The molecule has 4 rings (SSSR count). The molecule has 1 amide bonds. The van der Waals surface area contributed by atoms with E-state index in [0.29, 0.717) is 23.0 Å². The number of fused-ring (bicyclic) bond motifs is 1. The maximum atomic E-state index is 12.5. The molecule has 26 heavy (non-hydrogen) atoms. The van der Waals surface area contributed by atoms with Gasteiger partial charge in [0, 0.05) is 11.6 Å². The number of aromatic nitrogens is 1. The Labute approximate surface area is 150 Å². The largest absolute Gasteiger partial charge is 0.482 e. The van der Waals surface area contributed by atoms with Gasteiger partial charge in [0.1, 0.15) is 11.8 Å². The van der Waals surface area contributed by atoms with Crippen LogP contribution in [-0.2, 0) is 11.3 Å². The highest BCUT2D eigenvalue weighted by Crippen LogP contribution is 2.33. The molecule has 1 aliphatic rings. The predicted octanol–water partition coefficient (Wildman–Crippen LogP) is 3.19. The summed E-state index contributed by atoms with van der Waals surface area (Å²) in [5.74, 6) is 1.62. The second-order valence-electron chi connectivity index (χ2n) is 6.07. The Morgan fingerprint density at radius 1 is 1.04 bits per heavy atom. The second kappa shape index (κ2) is 6.92. The van der Waals surface area contributed by atoms with Gasteiger partial charge in [-0.2, -0.15) is 0 Å². The van der Waals surface area contributed by atoms with Crippen LogP contribution in [0.4, 0.5) is 0 Å². The van der Waals surface area contributed by atoms with Gasteiger partial charge in [-0.1, -0.05) is 47.6 Å². The van der Waals surface area contributed by atoms with Gasteiger partial charge in [-0.05, 0) is 19.1 Å². The van der Waals surface area contributed by atoms with Gasteiger partial charge in [0.05, 0.1) is 6.54 Å². The number of para-hydroxylation sites is 2. The van der Waals surface area contributed by atoms with Crippen molar-refractivity contribution in [1.29, 1.82) is 0 Å². The summed E-state index contributed by atoms with van der Waals surface area (Å²) in [6.07, 6.45) is -1.10. The van der Waals surface area contributed by atoms with Gasteiger partial charge in [-0.15, -0.1) is 0 Å². The maximum Gasteiger partial charge on any atom is 0.265 e. The van der Waals surface area contributed by atoms with E-state index in [1.54, 1.807) is 6.07 Å². The molecule has 0 radical (unpaired) electrons. The fraction of sp³-hybridized carbons (Fsp3) is 0.200. The van der Waals surface area contributed by atoms with Crippen molar-refractivity contribution in [2.75, 3.05) is 0 Å². The summed E-state index contributed by atoms with van der Waals surface area (Å²) < 4.78 is 16.9. The van der Waals surface area contributed by atoms with Crippen LogP contribution in [0.2, 0.25) is 0 Å². The molecular formula is C20H18N2O4. The van der Waals surface area contributed by atoms with Crippen molar-refractivity contribution in [2.45, 2.75) is 25.7 Å².